The van der Waals surface area contributed by atoms with E-state index in [-0.39, 0.29) is 20.1 Å². The van der Waals surface area contributed by atoms with Crippen LogP contribution in [0.5, 0.6) is 0 Å². The SMILES string of the molecule is CC(C)Cc1cccc2[n+]1C1(c3ccc(-c4ccccc4)cc3-c3cccc[n+]31)c1ccccc1-2.Cc1ccccc1-c1ccc2[n+](c1)C1(c3ccccc3-c3cccc[n+]31)c1ccccc1-2.[Ir+3].[c-]1ccccc1-c1ccc(CCc2cc(CCc3ccc(-c4[c-]cccc4)nc3)cc(CCc3ccc(-c4[c-]cccc4)nc3)c2)cn1.c1c2c(cc3c1C[n+]1cc4c(cc1-3)C1CCC4C1)CCCC2. The number of aryl methyl sites for hydroxylation is 9. The Kier molecular flexibility index (Phi) is 23.7. The molecule has 0 radical (unpaired) electrons. The number of hydrogen-bond donors (Lipinski definition) is 0. The quantitative estimate of drug-likeness (QED) is 0.0715. The van der Waals surface area contributed by atoms with E-state index < -0.39 is 11.3 Å². The molecular weight excluding hydrogens is 1850 g/mol. The van der Waals surface area contributed by atoms with Gasteiger partial charge < -0.3 is 15.0 Å². The summed E-state index contributed by atoms with van der Waals surface area (Å²) in [6, 6.07) is 139. The van der Waals surface area contributed by atoms with E-state index in [0.717, 1.165) is 97.1 Å². The van der Waals surface area contributed by atoms with Crippen molar-refractivity contribution < 1.29 is 42.9 Å². The molecule has 8 aliphatic rings. The normalized spacial score (nSPS) is 16.3. The first kappa shape index (κ1) is 87.3. The van der Waals surface area contributed by atoms with Crippen LogP contribution in [0, 0.1) is 31.0 Å². The van der Waals surface area contributed by atoms with E-state index in [9.17, 15) is 0 Å². The molecule has 11 aromatic carbocycles. The summed E-state index contributed by atoms with van der Waals surface area (Å²) < 4.78 is 12.6. The van der Waals surface area contributed by atoms with E-state index in [4.69, 9.17) is 15.0 Å². The summed E-state index contributed by atoms with van der Waals surface area (Å²) in [6.45, 7) is 7.91. The van der Waals surface area contributed by atoms with Gasteiger partial charge in [-0.2, -0.15) is 4.57 Å². The molecule has 27 rings (SSSR count). The Morgan fingerprint density at radius 2 is 0.812 bits per heavy atom. The second-order valence-electron chi connectivity index (χ2n) is 38.9. The van der Waals surface area contributed by atoms with Crippen LogP contribution >= 0.6 is 0 Å². The number of hydrogen-bond acceptors (Lipinski definition) is 3. The average molecular weight is 1960 g/mol. The molecule has 0 amide bonds. The van der Waals surface area contributed by atoms with Crippen molar-refractivity contribution >= 4 is 0 Å². The fourth-order valence-electron chi connectivity index (χ4n) is 23.7. The Hall–Kier alpha value is -14.7. The van der Waals surface area contributed by atoms with Gasteiger partial charge in [-0.05, 0) is 282 Å². The third-order valence-electron chi connectivity index (χ3n) is 30.1. The average Bonchev–Trinajstić information content (AvgIpc) is 1.51. The number of rotatable bonds is 16. The fraction of sp³-hybridized carbons (Fsp3) is 0.178. The van der Waals surface area contributed by atoms with Gasteiger partial charge in [0.1, 0.15) is 22.3 Å². The van der Waals surface area contributed by atoms with Gasteiger partial charge in [-0.15, -0.1) is 126 Å². The van der Waals surface area contributed by atoms with E-state index in [1.54, 1.807) is 27.8 Å². The van der Waals surface area contributed by atoms with Crippen LogP contribution in [0.25, 0.3) is 112 Å². The van der Waals surface area contributed by atoms with Gasteiger partial charge in [0, 0.05) is 90.2 Å². The maximum Gasteiger partial charge on any atom is 3.00 e. The van der Waals surface area contributed by atoms with Crippen molar-refractivity contribution in [1.29, 1.82) is 0 Å². The van der Waals surface area contributed by atoms with Gasteiger partial charge >= 0.3 is 31.4 Å². The van der Waals surface area contributed by atoms with Crippen molar-refractivity contribution in [1.82, 2.24) is 15.0 Å². The van der Waals surface area contributed by atoms with Crippen LogP contribution in [0.2, 0.25) is 0 Å². The van der Waals surface area contributed by atoms with Crippen molar-refractivity contribution in [3.8, 4) is 112 Å². The first-order chi connectivity index (χ1) is 67.6. The van der Waals surface area contributed by atoms with Gasteiger partial charge in [-0.25, -0.2) is 0 Å². The summed E-state index contributed by atoms with van der Waals surface area (Å²) in [6.07, 6.45) is 31.8. The van der Waals surface area contributed by atoms with E-state index >= 15 is 0 Å². The first-order valence-electron chi connectivity index (χ1n) is 49.4. The van der Waals surface area contributed by atoms with Gasteiger partial charge in [0.15, 0.2) is 37.0 Å². The van der Waals surface area contributed by atoms with Crippen LogP contribution in [0.15, 0.2) is 401 Å². The van der Waals surface area contributed by atoms with Crippen molar-refractivity contribution in [2.24, 2.45) is 5.92 Å². The van der Waals surface area contributed by atoms with E-state index in [0.29, 0.717) is 5.92 Å². The van der Waals surface area contributed by atoms with Crippen LogP contribution in [0.3, 0.4) is 0 Å². The molecule has 8 aromatic heterocycles. The molecule has 4 unspecified atom stereocenters. The number of nitrogens with zero attached hydrogens (tertiary/aromatic N) is 8. The number of pyridine rings is 8. The van der Waals surface area contributed by atoms with Crippen LogP contribution in [0.4, 0.5) is 0 Å². The largest absolute Gasteiger partial charge is 3.00 e. The number of benzene rings is 11. The van der Waals surface area contributed by atoms with Crippen LogP contribution in [0.1, 0.15) is 152 Å². The molecule has 668 valence electrons. The molecule has 2 spiro atoms. The second kappa shape index (κ2) is 37.4. The fourth-order valence-corrected chi connectivity index (χ4v) is 23.7. The monoisotopic (exact) mass is 1960 g/mol. The molecule has 2 bridgehead atoms. The summed E-state index contributed by atoms with van der Waals surface area (Å²) in [5.74, 6) is 2.30. The van der Waals surface area contributed by atoms with Crippen molar-refractivity contribution in [3.63, 3.8) is 0 Å². The van der Waals surface area contributed by atoms with E-state index in [1.165, 1.54) is 190 Å². The molecule has 0 saturated heterocycles. The summed E-state index contributed by atoms with van der Waals surface area (Å²) in [5, 5.41) is 0. The van der Waals surface area contributed by atoms with Crippen LogP contribution < -0.4 is 22.8 Å². The number of fused-ring (bicyclic) bond motifs is 29. The summed E-state index contributed by atoms with van der Waals surface area (Å²) >= 11 is 0. The van der Waals surface area contributed by atoms with Gasteiger partial charge in [-0.1, -0.05) is 166 Å². The molecule has 5 aliphatic heterocycles. The molecule has 138 heavy (non-hydrogen) atoms. The Labute approximate surface area is 824 Å². The summed E-state index contributed by atoms with van der Waals surface area (Å²) in [7, 11) is 0. The Balaban J connectivity index is 0.000000106. The molecule has 1 saturated carbocycles. The zero-order valence-corrected chi connectivity index (χ0v) is 80.7. The molecule has 3 aliphatic carbocycles. The third kappa shape index (κ3) is 15.9. The van der Waals surface area contributed by atoms with Gasteiger partial charge in [-0.3, -0.25) is 0 Å². The van der Waals surface area contributed by atoms with Crippen molar-refractivity contribution in [2.45, 2.75) is 140 Å². The van der Waals surface area contributed by atoms with Gasteiger partial charge in [0.05, 0.1) is 27.8 Å². The predicted octanol–water partition coefficient (Wildman–Crippen LogP) is 25.8. The molecule has 13 heterocycles. The Bertz CT molecular complexity index is 7470. The van der Waals surface area contributed by atoms with E-state index in [2.05, 4.69) is 372 Å². The van der Waals surface area contributed by atoms with Crippen LogP contribution in [-0.2, 0) is 95.8 Å². The minimum Gasteiger partial charge on any atom is -0.304 e. The maximum absolute atomic E-state index is 4.73. The molecule has 4 atom stereocenters. The second-order valence-corrected chi connectivity index (χ2v) is 38.9. The maximum atomic E-state index is 4.73. The minimum atomic E-state index is -0.433. The zero-order chi connectivity index (χ0) is 91.5. The zero-order valence-electron chi connectivity index (χ0n) is 78.4. The molecule has 9 heteroatoms. The Morgan fingerprint density at radius 3 is 1.36 bits per heavy atom. The number of aromatic nitrogens is 8. The molecule has 1 fully saturated rings. The topological polar surface area (TPSA) is 58.1 Å². The Morgan fingerprint density at radius 1 is 0.341 bits per heavy atom. The van der Waals surface area contributed by atoms with Crippen molar-refractivity contribution in [2.75, 3.05) is 0 Å². The molecule has 19 aromatic rings. The van der Waals surface area contributed by atoms with Crippen LogP contribution in [-0.4, -0.2) is 15.0 Å². The molecule has 8 nitrogen and oxygen atoms in total. The minimum absolute atomic E-state index is 0. The van der Waals surface area contributed by atoms with Gasteiger partial charge in [0.2, 0.25) is 28.5 Å². The van der Waals surface area contributed by atoms with Gasteiger partial charge in [0.25, 0.3) is 0 Å². The molecule has 0 N–H and O–H groups in total. The first-order valence-corrected chi connectivity index (χ1v) is 49.4. The standard InChI is InChI=1S/C45H36N3.C33H28N2.C30H22N2.C21H22N.Ir/c1-4-10-40(11-5-1)43-25-22-34(31-46-43)16-19-37-28-38(20-17-35-23-26-44(47-32-35)41-12-6-2-7-13-41)30-39(29-37)21-18-36-24-27-45(48-33-36)42-14-8-3-9-15-42;1-23(2)21-26-13-10-17-32-27-14-6-7-15-29(27)33(35(26)32)30-19-18-25(24-11-4-3-5-12-24)22-28(30)31-16-8-9-20-34(31)33;1-21-10-2-3-11-23(21)22-17-18-29-25-13-5-7-15-27(25)30(32(29)20-22)26-14-6-4-12-24(26)28-16-8-9-19-31(28)30;1-2-4-14-9-19-17(7-13(14)3-1)11-22-12-20-16-6-5-15(8-16)18(20)10-21(19)22;/h1-10,12,14,22-33H,16-21H2;3-20,22-23H,21H2,1-2H3;2-20H,1H3;7,9-10,12,15-16H,1-6,8,11H2;/q-3;2*+2;+1;+3. The predicted molar refractivity (Wildman–Crippen MR) is 547 cm³/mol. The smallest absolute Gasteiger partial charge is 0.304 e. The third-order valence-corrected chi connectivity index (χ3v) is 30.1. The summed E-state index contributed by atoms with van der Waals surface area (Å²) in [4.78, 5) is 14.2. The van der Waals surface area contributed by atoms with E-state index in [1.807, 2.05) is 91.4 Å². The summed E-state index contributed by atoms with van der Waals surface area (Å²) in [5.41, 5.74) is 47.4. The molecular formula is C129H108IrN8+5. The van der Waals surface area contributed by atoms with Crippen molar-refractivity contribution in [3.05, 3.63) is 514 Å².